The maximum Gasteiger partial charge on any atom is 0.166 e. The summed E-state index contributed by atoms with van der Waals surface area (Å²) >= 11 is 3.36. The van der Waals surface area contributed by atoms with Crippen LogP contribution in [0.25, 0.3) is 11.3 Å². The number of hydrogen-bond acceptors (Lipinski definition) is 6. The molecule has 0 fully saturated rings. The number of benzene rings is 1. The number of nitrogens with zero attached hydrogens (tertiary/aromatic N) is 6. The van der Waals surface area contributed by atoms with Crippen molar-refractivity contribution in [3.8, 4) is 23.1 Å². The predicted octanol–water partition coefficient (Wildman–Crippen LogP) is 4.22. The van der Waals surface area contributed by atoms with Gasteiger partial charge in [0, 0.05) is 46.8 Å². The molecular formula is C22H19BrFN7O. The van der Waals surface area contributed by atoms with Crippen LogP contribution in [-0.4, -0.2) is 24.5 Å². The molecule has 3 aromatic heterocycles. The van der Waals surface area contributed by atoms with Crippen molar-refractivity contribution in [3.63, 3.8) is 0 Å². The number of nitrogen functional groups attached to an aromatic ring is 1. The summed E-state index contributed by atoms with van der Waals surface area (Å²) in [5.74, 6) is 0.246. The second-order valence-corrected chi connectivity index (χ2v) is 8.16. The van der Waals surface area contributed by atoms with Crippen LogP contribution in [0.5, 0.6) is 5.75 Å². The van der Waals surface area contributed by atoms with Crippen LogP contribution in [0.2, 0.25) is 0 Å². The molecule has 0 saturated carbocycles. The van der Waals surface area contributed by atoms with Gasteiger partial charge in [-0.15, -0.1) is 0 Å². The molecule has 0 amide bonds. The molecule has 10 heteroatoms. The zero-order chi connectivity index (χ0) is 22.8. The predicted molar refractivity (Wildman–Crippen MR) is 120 cm³/mol. The lowest BCUT2D eigenvalue weighted by Crippen LogP contribution is -2.09. The zero-order valence-corrected chi connectivity index (χ0v) is 18.9. The van der Waals surface area contributed by atoms with E-state index in [0.717, 1.165) is 15.6 Å². The standard InChI is InChI=1S/C22H19BrFN7O/c1-13(32-20-5-16(23)9-27-22(20)26)19-6-17(24)3-4-18(19)21-15(11-30(2)29-21)12-31-10-14(7-25)8-28-31/h3-6,8-11,13H,12H2,1-2H3,(H2,26,27). The van der Waals surface area contributed by atoms with Crippen molar-refractivity contribution in [2.45, 2.75) is 19.6 Å². The summed E-state index contributed by atoms with van der Waals surface area (Å²) in [5, 5.41) is 17.9. The van der Waals surface area contributed by atoms with Crippen LogP contribution in [0.3, 0.4) is 0 Å². The van der Waals surface area contributed by atoms with E-state index in [0.29, 0.717) is 29.1 Å². The SMILES string of the molecule is CC(Oc1cc(Br)cnc1N)c1cc(F)ccc1-c1nn(C)cc1Cn1cc(C#N)cn1. The zero-order valence-electron chi connectivity index (χ0n) is 17.3. The quantitative estimate of drug-likeness (QED) is 0.428. The topological polar surface area (TPSA) is 108 Å². The monoisotopic (exact) mass is 495 g/mol. The molecule has 8 nitrogen and oxygen atoms in total. The number of aryl methyl sites for hydroxylation is 1. The molecule has 0 aliphatic rings. The lowest BCUT2D eigenvalue weighted by atomic mass is 9.98. The summed E-state index contributed by atoms with van der Waals surface area (Å²) in [4.78, 5) is 4.08. The van der Waals surface area contributed by atoms with Gasteiger partial charge in [-0.1, -0.05) is 0 Å². The van der Waals surface area contributed by atoms with Gasteiger partial charge < -0.3 is 10.5 Å². The van der Waals surface area contributed by atoms with Crippen molar-refractivity contribution in [1.82, 2.24) is 24.5 Å². The number of rotatable bonds is 6. The van der Waals surface area contributed by atoms with E-state index in [-0.39, 0.29) is 11.6 Å². The summed E-state index contributed by atoms with van der Waals surface area (Å²) in [7, 11) is 1.81. The maximum atomic E-state index is 14.2. The van der Waals surface area contributed by atoms with Crippen LogP contribution in [0, 0.1) is 17.1 Å². The molecule has 0 saturated heterocycles. The number of halogens is 2. The van der Waals surface area contributed by atoms with Gasteiger partial charge in [-0.2, -0.15) is 15.5 Å². The van der Waals surface area contributed by atoms with Crippen molar-refractivity contribution in [2.24, 2.45) is 7.05 Å². The van der Waals surface area contributed by atoms with Gasteiger partial charge in [0.15, 0.2) is 11.6 Å². The maximum absolute atomic E-state index is 14.2. The second-order valence-electron chi connectivity index (χ2n) is 7.24. The molecular weight excluding hydrogens is 477 g/mol. The highest BCUT2D eigenvalue weighted by molar-refractivity contribution is 9.10. The third-order valence-corrected chi connectivity index (χ3v) is 5.29. The molecule has 4 aromatic rings. The van der Waals surface area contributed by atoms with Crippen LogP contribution in [0.4, 0.5) is 10.2 Å². The first-order valence-corrected chi connectivity index (χ1v) is 10.5. The fourth-order valence-corrected chi connectivity index (χ4v) is 3.74. The van der Waals surface area contributed by atoms with Gasteiger partial charge in [-0.25, -0.2) is 9.37 Å². The minimum Gasteiger partial charge on any atom is -0.482 e. The Bertz CT molecular complexity index is 1320. The Morgan fingerprint density at radius 3 is 2.84 bits per heavy atom. The highest BCUT2D eigenvalue weighted by atomic mass is 79.9. The van der Waals surface area contributed by atoms with Crippen LogP contribution in [0.1, 0.15) is 29.7 Å². The molecule has 0 spiro atoms. The van der Waals surface area contributed by atoms with Crippen molar-refractivity contribution in [1.29, 1.82) is 5.26 Å². The van der Waals surface area contributed by atoms with E-state index in [1.807, 2.05) is 20.2 Å². The number of nitrogens with two attached hydrogens (primary N) is 1. The smallest absolute Gasteiger partial charge is 0.166 e. The molecule has 0 radical (unpaired) electrons. The minimum absolute atomic E-state index is 0.239. The average molecular weight is 496 g/mol. The molecule has 1 unspecified atom stereocenters. The van der Waals surface area contributed by atoms with Crippen molar-refractivity contribution in [2.75, 3.05) is 5.73 Å². The number of hydrogen-bond donors (Lipinski definition) is 1. The van der Waals surface area contributed by atoms with E-state index in [2.05, 4.69) is 37.2 Å². The van der Waals surface area contributed by atoms with Crippen molar-refractivity contribution < 1.29 is 9.13 Å². The Morgan fingerprint density at radius 1 is 1.28 bits per heavy atom. The molecule has 1 atom stereocenters. The number of pyridine rings is 1. The molecule has 3 heterocycles. The summed E-state index contributed by atoms with van der Waals surface area (Å²) in [6, 6.07) is 8.29. The number of nitriles is 1. The summed E-state index contributed by atoms with van der Waals surface area (Å²) in [5.41, 5.74) is 9.29. The fraction of sp³-hybridized carbons (Fsp3) is 0.182. The number of ether oxygens (including phenoxy) is 1. The van der Waals surface area contributed by atoms with Crippen LogP contribution < -0.4 is 10.5 Å². The molecule has 0 bridgehead atoms. The van der Waals surface area contributed by atoms with Gasteiger partial charge in [-0.3, -0.25) is 9.36 Å². The first kappa shape index (κ1) is 21.5. The highest BCUT2D eigenvalue weighted by Crippen LogP contribution is 2.34. The lowest BCUT2D eigenvalue weighted by molar-refractivity contribution is 0.227. The van der Waals surface area contributed by atoms with Gasteiger partial charge in [-0.05, 0) is 47.1 Å². The molecule has 162 valence electrons. The van der Waals surface area contributed by atoms with E-state index >= 15 is 0 Å². The van der Waals surface area contributed by atoms with E-state index in [9.17, 15) is 4.39 Å². The summed E-state index contributed by atoms with van der Waals surface area (Å²) in [6.07, 6.45) is 6.08. The van der Waals surface area contributed by atoms with Crippen molar-refractivity contribution in [3.05, 3.63) is 76.0 Å². The van der Waals surface area contributed by atoms with Gasteiger partial charge in [0.1, 0.15) is 18.0 Å². The Morgan fingerprint density at radius 2 is 2.09 bits per heavy atom. The molecule has 0 aliphatic heterocycles. The van der Waals surface area contributed by atoms with Gasteiger partial charge >= 0.3 is 0 Å². The van der Waals surface area contributed by atoms with E-state index in [1.165, 1.54) is 18.3 Å². The summed E-state index contributed by atoms with van der Waals surface area (Å²) < 4.78 is 24.3. The number of aromatic nitrogens is 5. The van der Waals surface area contributed by atoms with Crippen LogP contribution >= 0.6 is 15.9 Å². The first-order valence-electron chi connectivity index (χ1n) is 9.66. The van der Waals surface area contributed by atoms with Gasteiger partial charge in [0.2, 0.25) is 0 Å². The van der Waals surface area contributed by atoms with Crippen molar-refractivity contribution >= 4 is 21.7 Å². The lowest BCUT2D eigenvalue weighted by Gasteiger charge is -2.19. The molecule has 1 aromatic carbocycles. The third kappa shape index (κ3) is 4.48. The van der Waals surface area contributed by atoms with E-state index in [4.69, 9.17) is 15.7 Å². The summed E-state index contributed by atoms with van der Waals surface area (Å²) in [6.45, 7) is 2.22. The highest BCUT2D eigenvalue weighted by Gasteiger charge is 2.21. The normalized spacial score (nSPS) is 11.8. The largest absolute Gasteiger partial charge is 0.482 e. The Hall–Kier alpha value is -3.71. The molecule has 32 heavy (non-hydrogen) atoms. The minimum atomic E-state index is -0.538. The van der Waals surface area contributed by atoms with Gasteiger partial charge in [0.05, 0.1) is 24.0 Å². The number of anilines is 1. The Balaban J connectivity index is 1.72. The van der Waals surface area contributed by atoms with Crippen LogP contribution in [0.15, 0.2) is 53.5 Å². The van der Waals surface area contributed by atoms with Crippen LogP contribution in [-0.2, 0) is 13.6 Å². The Labute approximate surface area is 192 Å². The molecule has 2 N–H and O–H groups in total. The fourth-order valence-electron chi connectivity index (χ4n) is 3.43. The van der Waals surface area contributed by atoms with E-state index < -0.39 is 6.10 Å². The average Bonchev–Trinajstić information content (AvgIpc) is 3.36. The molecule has 4 rings (SSSR count). The third-order valence-electron chi connectivity index (χ3n) is 4.86. The van der Waals surface area contributed by atoms with E-state index in [1.54, 1.807) is 33.9 Å². The first-order chi connectivity index (χ1) is 15.3. The van der Waals surface area contributed by atoms with Gasteiger partial charge in [0.25, 0.3) is 0 Å². The molecule has 0 aliphatic carbocycles. The Kier molecular flexibility index (Phi) is 5.92. The second kappa shape index (κ2) is 8.80.